The third-order valence-corrected chi connectivity index (χ3v) is 6.95. The summed E-state index contributed by atoms with van der Waals surface area (Å²) in [6, 6.07) is 0. The van der Waals surface area contributed by atoms with Crippen LogP contribution in [0.2, 0.25) is 0 Å². The van der Waals surface area contributed by atoms with Gasteiger partial charge in [-0.15, -0.1) is 0 Å². The predicted octanol–water partition coefficient (Wildman–Crippen LogP) is 1.56. The highest BCUT2D eigenvalue weighted by atomic mass is 127. The molecule has 0 amide bonds. The van der Waals surface area contributed by atoms with Crippen molar-refractivity contribution in [3.8, 4) is 0 Å². The highest BCUT2D eigenvalue weighted by Gasteiger charge is 2.69. The molecule has 3 fully saturated rings. The van der Waals surface area contributed by atoms with E-state index in [0.717, 1.165) is 0 Å². The van der Waals surface area contributed by atoms with E-state index in [4.69, 9.17) is 24.7 Å². The summed E-state index contributed by atoms with van der Waals surface area (Å²) < 4.78 is 21.9. The van der Waals surface area contributed by atoms with Crippen LogP contribution in [0.15, 0.2) is 0 Å². The molecule has 1 aliphatic heterocycles. The molecule has 3 rings (SSSR count). The molecule has 0 aromatic heterocycles. The Morgan fingerprint density at radius 3 is 2.61 bits per heavy atom. The summed E-state index contributed by atoms with van der Waals surface area (Å²) in [7, 11) is 0. The highest BCUT2D eigenvalue weighted by molar-refractivity contribution is 14.1. The first kappa shape index (κ1) is 21.8. The van der Waals surface area contributed by atoms with Crippen LogP contribution < -0.4 is 5.73 Å². The lowest BCUT2D eigenvalue weighted by molar-refractivity contribution is -0.170. The minimum atomic E-state index is -0.856. The molecule has 1 saturated heterocycles. The number of hydrogen-bond acceptors (Lipinski definition) is 8. The van der Waals surface area contributed by atoms with E-state index in [0.29, 0.717) is 12.8 Å². The van der Waals surface area contributed by atoms with Gasteiger partial charge in [0, 0.05) is 11.8 Å². The zero-order chi connectivity index (χ0) is 20.8. The second kappa shape index (κ2) is 8.06. The Bertz CT molecular complexity index is 649. The number of hydrogen-bond donors (Lipinski definition) is 1. The van der Waals surface area contributed by atoms with Gasteiger partial charge in [-0.2, -0.15) is 0 Å². The molecule has 2 N–H and O–H groups in total. The van der Waals surface area contributed by atoms with E-state index < -0.39 is 41.8 Å². The van der Waals surface area contributed by atoms with Crippen LogP contribution in [0.3, 0.4) is 0 Å². The minimum absolute atomic E-state index is 0.0615. The lowest BCUT2D eigenvalue weighted by Gasteiger charge is -2.33. The number of nitrogens with two attached hydrogens (primary N) is 1. The monoisotopic (exact) mass is 509 g/mol. The Morgan fingerprint density at radius 1 is 1.32 bits per heavy atom. The number of rotatable bonds is 7. The molecule has 8 nitrogen and oxygen atoms in total. The van der Waals surface area contributed by atoms with E-state index in [-0.39, 0.29) is 34.3 Å². The second-order valence-electron chi connectivity index (χ2n) is 8.69. The molecular weight excluding hydrogens is 481 g/mol. The Kier molecular flexibility index (Phi) is 6.26. The van der Waals surface area contributed by atoms with Crippen molar-refractivity contribution >= 4 is 40.5 Å². The number of ether oxygens (including phenoxy) is 4. The van der Waals surface area contributed by atoms with E-state index in [1.165, 1.54) is 0 Å². The molecule has 0 radical (unpaired) electrons. The van der Waals surface area contributed by atoms with Gasteiger partial charge in [0.15, 0.2) is 0 Å². The SMILES string of the molecule is CCC(I)C(=O)OCC(N)OC1C2CC3C1OC(=O)C3C2C(=O)OC(C)(C)C. The standard InChI is InChI=1S/C19H28INO7/c1-5-10(20)16(22)25-7-11(21)26-14-9-6-8-12(17(23)27-15(8)14)13(9)18(24)28-19(2,3)4/h8-15H,5-7,21H2,1-4H3. The summed E-state index contributed by atoms with van der Waals surface area (Å²) in [6.45, 7) is 7.19. The molecule has 2 saturated carbocycles. The lowest BCUT2D eigenvalue weighted by Crippen LogP contribution is -2.47. The largest absolute Gasteiger partial charge is 0.461 e. The van der Waals surface area contributed by atoms with Crippen molar-refractivity contribution in [2.45, 2.75) is 68.5 Å². The van der Waals surface area contributed by atoms with Crippen LogP contribution in [0.25, 0.3) is 0 Å². The van der Waals surface area contributed by atoms with Gasteiger partial charge in [-0.1, -0.05) is 29.5 Å². The molecule has 2 aliphatic carbocycles. The second-order valence-corrected chi connectivity index (χ2v) is 10.2. The normalized spacial score (nSPS) is 35.4. The number of fused-ring (bicyclic) bond motifs is 1. The van der Waals surface area contributed by atoms with Gasteiger partial charge < -0.3 is 24.7 Å². The van der Waals surface area contributed by atoms with E-state index in [1.54, 1.807) is 20.8 Å². The van der Waals surface area contributed by atoms with Gasteiger partial charge in [-0.05, 0) is 33.6 Å². The summed E-state index contributed by atoms with van der Waals surface area (Å²) in [5.74, 6) is -2.42. The predicted molar refractivity (Wildman–Crippen MR) is 106 cm³/mol. The fraction of sp³-hybridized carbons (Fsp3) is 0.842. The summed E-state index contributed by atoms with van der Waals surface area (Å²) in [5.41, 5.74) is 5.36. The molecule has 2 bridgehead atoms. The van der Waals surface area contributed by atoms with Crippen molar-refractivity contribution < 1.29 is 33.3 Å². The van der Waals surface area contributed by atoms with Gasteiger partial charge >= 0.3 is 17.9 Å². The van der Waals surface area contributed by atoms with Crippen LogP contribution in [0.5, 0.6) is 0 Å². The number of esters is 3. The van der Waals surface area contributed by atoms with Crippen molar-refractivity contribution in [1.29, 1.82) is 0 Å². The van der Waals surface area contributed by atoms with E-state index in [9.17, 15) is 14.4 Å². The molecule has 0 aromatic carbocycles. The van der Waals surface area contributed by atoms with Crippen LogP contribution >= 0.6 is 22.6 Å². The molecule has 0 aromatic rings. The van der Waals surface area contributed by atoms with E-state index >= 15 is 0 Å². The molecule has 9 heteroatoms. The lowest BCUT2D eigenvalue weighted by atomic mass is 9.78. The molecule has 28 heavy (non-hydrogen) atoms. The first-order valence-corrected chi connectivity index (χ1v) is 10.9. The zero-order valence-corrected chi connectivity index (χ0v) is 18.7. The first-order chi connectivity index (χ1) is 13.0. The van der Waals surface area contributed by atoms with Crippen LogP contribution in [-0.2, 0) is 33.3 Å². The van der Waals surface area contributed by atoms with E-state index in [1.807, 2.05) is 29.5 Å². The van der Waals surface area contributed by atoms with Crippen molar-refractivity contribution in [3.63, 3.8) is 0 Å². The third kappa shape index (κ3) is 4.16. The van der Waals surface area contributed by atoms with Crippen LogP contribution in [-0.4, -0.2) is 52.5 Å². The smallest absolute Gasteiger partial charge is 0.319 e. The van der Waals surface area contributed by atoms with Crippen molar-refractivity contribution in [3.05, 3.63) is 0 Å². The van der Waals surface area contributed by atoms with Gasteiger partial charge in [0.25, 0.3) is 0 Å². The topological polar surface area (TPSA) is 114 Å². The molecule has 0 spiro atoms. The molecule has 158 valence electrons. The number of carbonyl (C=O) groups is 3. The van der Waals surface area contributed by atoms with Gasteiger partial charge in [0.1, 0.15) is 34.6 Å². The molecule has 3 aliphatic rings. The summed E-state index contributed by atoms with van der Waals surface area (Å²) in [5, 5.41) is 0. The molecule has 8 atom stereocenters. The average molecular weight is 509 g/mol. The Hall–Kier alpha value is -0.940. The van der Waals surface area contributed by atoms with Gasteiger partial charge in [-0.3, -0.25) is 14.4 Å². The number of alkyl halides is 1. The third-order valence-electron chi connectivity index (χ3n) is 5.56. The quantitative estimate of drug-likeness (QED) is 0.181. The summed E-state index contributed by atoms with van der Waals surface area (Å²) >= 11 is 2.02. The van der Waals surface area contributed by atoms with Crippen LogP contribution in [0.4, 0.5) is 0 Å². The Balaban J connectivity index is 1.65. The average Bonchev–Trinajstić information content (AvgIpc) is 3.20. The maximum atomic E-state index is 12.8. The fourth-order valence-electron chi connectivity index (χ4n) is 4.52. The minimum Gasteiger partial charge on any atom is -0.461 e. The van der Waals surface area contributed by atoms with Gasteiger partial charge in [-0.25, -0.2) is 0 Å². The Morgan fingerprint density at radius 2 is 2.00 bits per heavy atom. The Labute approximate surface area is 178 Å². The molecule has 8 unspecified atom stereocenters. The highest BCUT2D eigenvalue weighted by Crippen LogP contribution is 2.59. The van der Waals surface area contributed by atoms with Crippen molar-refractivity contribution in [2.75, 3.05) is 6.61 Å². The maximum Gasteiger partial charge on any atom is 0.319 e. The van der Waals surface area contributed by atoms with Gasteiger partial charge in [0.2, 0.25) is 0 Å². The zero-order valence-electron chi connectivity index (χ0n) is 16.6. The van der Waals surface area contributed by atoms with Crippen LogP contribution in [0, 0.1) is 23.7 Å². The van der Waals surface area contributed by atoms with Crippen molar-refractivity contribution in [1.82, 2.24) is 0 Å². The fourth-order valence-corrected chi connectivity index (χ4v) is 4.70. The number of carbonyl (C=O) groups excluding carboxylic acids is 3. The first-order valence-electron chi connectivity index (χ1n) is 9.68. The molecule has 1 heterocycles. The molecular formula is C19H28INO7. The number of halogens is 1. The summed E-state index contributed by atoms with van der Waals surface area (Å²) in [4.78, 5) is 36.9. The maximum absolute atomic E-state index is 12.8. The van der Waals surface area contributed by atoms with Crippen LogP contribution in [0.1, 0.15) is 40.5 Å². The van der Waals surface area contributed by atoms with E-state index in [2.05, 4.69) is 0 Å². The van der Waals surface area contributed by atoms with Gasteiger partial charge in [0.05, 0.1) is 11.8 Å². The summed E-state index contributed by atoms with van der Waals surface area (Å²) in [6.07, 6.45) is -0.436. The van der Waals surface area contributed by atoms with Crippen molar-refractivity contribution in [2.24, 2.45) is 29.4 Å².